The first-order valence-corrected chi connectivity index (χ1v) is 9.95. The Hall–Kier alpha value is -2.68. The normalized spacial score (nSPS) is 12.2. The van der Waals surface area contributed by atoms with Gasteiger partial charge in [-0.05, 0) is 37.6 Å². The number of amides is 1. The minimum Gasteiger partial charge on any atom is -0.503 e. The van der Waals surface area contributed by atoms with Crippen molar-refractivity contribution in [3.05, 3.63) is 62.8 Å². The molecule has 1 aromatic heterocycles. The number of aromatic hydroxyl groups is 1. The molecule has 0 aliphatic carbocycles. The van der Waals surface area contributed by atoms with Gasteiger partial charge >= 0.3 is 0 Å². The highest BCUT2D eigenvalue weighted by molar-refractivity contribution is 6.42. The third-order valence-corrected chi connectivity index (χ3v) is 5.75. The lowest BCUT2D eigenvalue weighted by Gasteiger charge is -2.13. The van der Waals surface area contributed by atoms with Gasteiger partial charge in [0.05, 0.1) is 28.1 Å². The standard InChI is InChI=1S/C21H18Cl2F2N2O4/c1-9(20(30)26-5-6-28)16-10(2)27(15-8-14(24)19(29)18(25)17(15)16)21(31)11-3-4-12(22)13(23)7-11/h3-4,7-9,28-29H,5-6H2,1-2H3,(H,26,30). The maximum atomic E-state index is 14.9. The van der Waals surface area contributed by atoms with E-state index in [2.05, 4.69) is 5.32 Å². The van der Waals surface area contributed by atoms with Gasteiger partial charge < -0.3 is 15.5 Å². The number of rotatable bonds is 5. The zero-order valence-electron chi connectivity index (χ0n) is 16.5. The van der Waals surface area contributed by atoms with Crippen LogP contribution in [0, 0.1) is 18.6 Å². The van der Waals surface area contributed by atoms with Crippen LogP contribution < -0.4 is 5.32 Å². The number of carbonyl (C=O) groups excluding carboxylic acids is 2. The number of aliphatic hydroxyl groups excluding tert-OH is 1. The Morgan fingerprint density at radius 2 is 1.87 bits per heavy atom. The van der Waals surface area contributed by atoms with Crippen molar-refractivity contribution >= 4 is 45.9 Å². The van der Waals surface area contributed by atoms with E-state index in [1.54, 1.807) is 0 Å². The van der Waals surface area contributed by atoms with E-state index in [9.17, 15) is 23.5 Å². The molecule has 3 N–H and O–H groups in total. The number of benzene rings is 2. The maximum Gasteiger partial charge on any atom is 0.262 e. The molecule has 3 rings (SSSR count). The van der Waals surface area contributed by atoms with Crippen LogP contribution in [0.5, 0.6) is 5.75 Å². The predicted molar refractivity (Wildman–Crippen MR) is 113 cm³/mol. The molecule has 0 saturated carbocycles. The smallest absolute Gasteiger partial charge is 0.262 e. The first-order valence-electron chi connectivity index (χ1n) is 9.20. The molecule has 0 fully saturated rings. The SMILES string of the molecule is Cc1c(C(C)C(=O)NCCO)c2c(F)c(O)c(F)cc2n1C(=O)c1ccc(Cl)c(Cl)c1. The molecule has 6 nitrogen and oxygen atoms in total. The molecule has 10 heteroatoms. The molecule has 0 aliphatic heterocycles. The third-order valence-electron chi connectivity index (χ3n) is 5.02. The van der Waals surface area contributed by atoms with E-state index in [0.29, 0.717) is 0 Å². The molecule has 31 heavy (non-hydrogen) atoms. The molecule has 3 aromatic rings. The fraction of sp³-hybridized carbons (Fsp3) is 0.238. The Bertz CT molecular complexity index is 1210. The summed E-state index contributed by atoms with van der Waals surface area (Å²) in [4.78, 5) is 25.7. The van der Waals surface area contributed by atoms with Gasteiger partial charge in [-0.25, -0.2) is 8.78 Å². The molecule has 0 bridgehead atoms. The number of fused-ring (bicyclic) bond motifs is 1. The van der Waals surface area contributed by atoms with E-state index >= 15 is 0 Å². The lowest BCUT2D eigenvalue weighted by atomic mass is 9.96. The molecule has 1 amide bonds. The molecule has 0 saturated heterocycles. The highest BCUT2D eigenvalue weighted by atomic mass is 35.5. The summed E-state index contributed by atoms with van der Waals surface area (Å²) in [7, 11) is 0. The monoisotopic (exact) mass is 470 g/mol. The van der Waals surface area contributed by atoms with Crippen LogP contribution in [-0.2, 0) is 4.79 Å². The second-order valence-electron chi connectivity index (χ2n) is 6.92. The summed E-state index contributed by atoms with van der Waals surface area (Å²) in [5, 5.41) is 21.3. The number of phenols is 1. The van der Waals surface area contributed by atoms with Crippen LogP contribution in [0.2, 0.25) is 10.0 Å². The van der Waals surface area contributed by atoms with Crippen LogP contribution in [-0.4, -0.2) is 39.7 Å². The molecule has 1 unspecified atom stereocenters. The van der Waals surface area contributed by atoms with Gasteiger partial charge in [0.1, 0.15) is 0 Å². The van der Waals surface area contributed by atoms with Crippen LogP contribution in [0.3, 0.4) is 0 Å². The van der Waals surface area contributed by atoms with Gasteiger partial charge in [0, 0.05) is 29.3 Å². The van der Waals surface area contributed by atoms with Crippen molar-refractivity contribution in [1.29, 1.82) is 0 Å². The summed E-state index contributed by atoms with van der Waals surface area (Å²) in [5.41, 5.74) is 0.235. The van der Waals surface area contributed by atoms with Crippen molar-refractivity contribution in [3.63, 3.8) is 0 Å². The number of phenolic OH excluding ortho intramolecular Hbond substituents is 1. The number of nitrogens with one attached hydrogen (secondary N) is 1. The second kappa shape index (κ2) is 8.82. The number of hydrogen-bond donors (Lipinski definition) is 3. The molecular formula is C21H18Cl2F2N2O4. The summed E-state index contributed by atoms with van der Waals surface area (Å²) in [6, 6.07) is 4.97. The van der Waals surface area contributed by atoms with E-state index in [-0.39, 0.29) is 50.9 Å². The molecule has 0 radical (unpaired) electrons. The third kappa shape index (κ3) is 3.98. The number of carbonyl (C=O) groups is 2. The van der Waals surface area contributed by atoms with Crippen LogP contribution in [0.15, 0.2) is 24.3 Å². The molecule has 0 aliphatic rings. The van der Waals surface area contributed by atoms with Gasteiger partial charge in [-0.1, -0.05) is 23.2 Å². The van der Waals surface area contributed by atoms with E-state index in [0.717, 1.165) is 10.6 Å². The number of halogens is 4. The van der Waals surface area contributed by atoms with Gasteiger partial charge in [-0.2, -0.15) is 0 Å². The molecule has 2 aromatic carbocycles. The Morgan fingerprint density at radius 3 is 2.48 bits per heavy atom. The highest BCUT2D eigenvalue weighted by Gasteiger charge is 2.30. The van der Waals surface area contributed by atoms with Gasteiger partial charge in [-0.15, -0.1) is 0 Å². The predicted octanol–water partition coefficient (Wildman–Crippen LogP) is 4.14. The van der Waals surface area contributed by atoms with Crippen LogP contribution in [0.4, 0.5) is 8.78 Å². The topological polar surface area (TPSA) is 91.6 Å². The number of hydrogen-bond acceptors (Lipinski definition) is 4. The van der Waals surface area contributed by atoms with E-state index in [4.69, 9.17) is 28.3 Å². The van der Waals surface area contributed by atoms with Crippen molar-refractivity contribution < 1.29 is 28.6 Å². The molecule has 1 atom stereocenters. The average molecular weight is 471 g/mol. The fourth-order valence-corrected chi connectivity index (χ4v) is 3.82. The average Bonchev–Trinajstić information content (AvgIpc) is 3.02. The van der Waals surface area contributed by atoms with Crippen LogP contribution >= 0.6 is 23.2 Å². The zero-order chi connectivity index (χ0) is 23.0. The Labute approximate surface area is 186 Å². The number of nitrogens with zero attached hydrogens (tertiary/aromatic N) is 1. The fourth-order valence-electron chi connectivity index (χ4n) is 3.52. The molecule has 164 valence electrons. The van der Waals surface area contributed by atoms with Crippen molar-refractivity contribution in [2.45, 2.75) is 19.8 Å². The van der Waals surface area contributed by atoms with Crippen molar-refractivity contribution in [2.24, 2.45) is 0 Å². The molecule has 0 spiro atoms. The maximum absolute atomic E-state index is 14.9. The lowest BCUT2D eigenvalue weighted by molar-refractivity contribution is -0.122. The van der Waals surface area contributed by atoms with Crippen LogP contribution in [0.25, 0.3) is 10.9 Å². The Morgan fingerprint density at radius 1 is 1.19 bits per heavy atom. The Kier molecular flexibility index (Phi) is 6.54. The first-order chi connectivity index (χ1) is 14.6. The quantitative estimate of drug-likeness (QED) is 0.522. The second-order valence-corrected chi connectivity index (χ2v) is 7.73. The summed E-state index contributed by atoms with van der Waals surface area (Å²) >= 11 is 11.9. The zero-order valence-corrected chi connectivity index (χ0v) is 18.0. The minimum absolute atomic E-state index is 0.0224. The van der Waals surface area contributed by atoms with Crippen molar-refractivity contribution in [1.82, 2.24) is 9.88 Å². The Balaban J connectivity index is 2.29. The van der Waals surface area contributed by atoms with Gasteiger partial charge in [0.2, 0.25) is 5.91 Å². The highest BCUT2D eigenvalue weighted by Crippen LogP contribution is 2.38. The van der Waals surface area contributed by atoms with E-state index < -0.39 is 35.1 Å². The lowest BCUT2D eigenvalue weighted by Crippen LogP contribution is -2.30. The minimum atomic E-state index is -1.28. The van der Waals surface area contributed by atoms with Crippen molar-refractivity contribution in [2.75, 3.05) is 13.2 Å². The molecular weight excluding hydrogens is 453 g/mol. The van der Waals surface area contributed by atoms with Crippen molar-refractivity contribution in [3.8, 4) is 5.75 Å². The van der Waals surface area contributed by atoms with E-state index in [1.165, 1.54) is 32.0 Å². The van der Waals surface area contributed by atoms with Gasteiger partial charge in [-0.3, -0.25) is 14.2 Å². The van der Waals surface area contributed by atoms with E-state index in [1.807, 2.05) is 0 Å². The largest absolute Gasteiger partial charge is 0.503 e. The summed E-state index contributed by atoms with van der Waals surface area (Å²) in [6.07, 6.45) is 0. The van der Waals surface area contributed by atoms with Gasteiger partial charge in [0.15, 0.2) is 17.4 Å². The summed E-state index contributed by atoms with van der Waals surface area (Å²) in [5.74, 6) is -5.92. The first kappa shape index (κ1) is 23.0. The van der Waals surface area contributed by atoms with Crippen LogP contribution in [0.1, 0.15) is 34.5 Å². The number of aromatic nitrogens is 1. The summed E-state index contributed by atoms with van der Waals surface area (Å²) < 4.78 is 30.2. The molecule has 1 heterocycles. The summed E-state index contributed by atoms with van der Waals surface area (Å²) in [6.45, 7) is 2.64. The number of aliphatic hydroxyl groups is 1. The van der Waals surface area contributed by atoms with Gasteiger partial charge in [0.25, 0.3) is 5.91 Å².